The van der Waals surface area contributed by atoms with Crippen LogP contribution in [-0.4, -0.2) is 12.9 Å². The van der Waals surface area contributed by atoms with Gasteiger partial charge in [-0.25, -0.2) is 0 Å². The largest absolute Gasteiger partial charge is 1.00 e. The first-order valence-electron chi connectivity index (χ1n) is 4.69. The van der Waals surface area contributed by atoms with Gasteiger partial charge in [0.1, 0.15) is 0 Å². The molecule has 1 saturated heterocycles. The molecule has 0 amide bonds. The molecule has 2 nitrogen and oxygen atoms in total. The van der Waals surface area contributed by atoms with Gasteiger partial charge in [-0.05, 0) is 12.8 Å². The molecule has 14 heavy (non-hydrogen) atoms. The summed E-state index contributed by atoms with van der Waals surface area (Å²) in [4.78, 5) is 0. The van der Waals surface area contributed by atoms with E-state index in [1.165, 1.54) is 6.42 Å². The summed E-state index contributed by atoms with van der Waals surface area (Å²) in [7, 11) is 0. The first kappa shape index (κ1) is 11.7. The number of rotatable bonds is 2. The zero-order valence-corrected chi connectivity index (χ0v) is 8.53. The predicted octanol–water partition coefficient (Wildman–Crippen LogP) is -0.604. The van der Waals surface area contributed by atoms with Gasteiger partial charge in [-0.3, -0.25) is 0 Å². The molecule has 0 aromatic heterocycles. The van der Waals surface area contributed by atoms with Gasteiger partial charge >= 0.3 is 18.9 Å². The van der Waals surface area contributed by atoms with E-state index < -0.39 is 0 Å². The molecule has 0 bridgehead atoms. The maximum Gasteiger partial charge on any atom is 1.00 e. The van der Waals surface area contributed by atoms with Crippen molar-refractivity contribution in [1.29, 1.82) is 0 Å². The van der Waals surface area contributed by atoms with Gasteiger partial charge in [-0.1, -0.05) is 0 Å². The van der Waals surface area contributed by atoms with Gasteiger partial charge in [0.25, 0.3) is 0 Å². The van der Waals surface area contributed by atoms with E-state index in [-0.39, 0.29) is 25.2 Å². The molecule has 1 atom stereocenters. The van der Waals surface area contributed by atoms with Crippen LogP contribution in [0, 0.1) is 6.07 Å². The summed E-state index contributed by atoms with van der Waals surface area (Å²) in [5, 5.41) is 0. The molecule has 1 fully saturated rings. The molecule has 1 aliphatic heterocycles. The van der Waals surface area contributed by atoms with E-state index in [2.05, 4.69) is 6.07 Å². The maximum atomic E-state index is 5.61. The van der Waals surface area contributed by atoms with Crippen LogP contribution in [0.15, 0.2) is 24.3 Å². The van der Waals surface area contributed by atoms with E-state index >= 15 is 0 Å². The smallest absolute Gasteiger partial charge is 0.490 e. The predicted molar refractivity (Wildman–Crippen MR) is 49.5 cm³/mol. The second-order valence-corrected chi connectivity index (χ2v) is 3.15. The van der Waals surface area contributed by atoms with Crippen molar-refractivity contribution in [2.24, 2.45) is 0 Å². The van der Waals surface area contributed by atoms with E-state index in [0.29, 0.717) is 0 Å². The third-order valence-electron chi connectivity index (χ3n) is 2.09. The van der Waals surface area contributed by atoms with Gasteiger partial charge in [0.2, 0.25) is 0 Å². The van der Waals surface area contributed by atoms with Gasteiger partial charge in [0.05, 0.1) is 6.61 Å². The van der Waals surface area contributed by atoms with Crippen LogP contribution in [0.2, 0.25) is 0 Å². The average Bonchev–Trinajstić information content (AvgIpc) is 2.21. The summed E-state index contributed by atoms with van der Waals surface area (Å²) < 4.78 is 11.1. The van der Waals surface area contributed by atoms with Crippen LogP contribution in [-0.2, 0) is 4.74 Å². The number of ether oxygens (including phenoxy) is 2. The first-order chi connectivity index (χ1) is 6.45. The van der Waals surface area contributed by atoms with Crippen LogP contribution in [0.25, 0.3) is 0 Å². The molecule has 0 radical (unpaired) electrons. The topological polar surface area (TPSA) is 18.5 Å². The molecule has 0 saturated carbocycles. The Morgan fingerprint density at radius 2 is 2.07 bits per heavy atom. The fraction of sp³-hybridized carbons (Fsp3) is 0.455. The van der Waals surface area contributed by atoms with Crippen molar-refractivity contribution in [2.45, 2.75) is 25.6 Å². The minimum Gasteiger partial charge on any atom is -0.490 e. The monoisotopic (exact) mass is 184 g/mol. The standard InChI is InChI=1S/C11H13O2.Li/c1-2-6-10(7-3-1)13-11-8-4-5-9-12-11;/h2-3,6-7,11H,4-5,8-9H2;/q-1;+1. The van der Waals surface area contributed by atoms with Crippen LogP contribution in [0.5, 0.6) is 5.75 Å². The van der Waals surface area contributed by atoms with E-state index in [1.54, 1.807) is 0 Å². The third-order valence-corrected chi connectivity index (χ3v) is 2.09. The Balaban J connectivity index is 0.000000980. The van der Waals surface area contributed by atoms with Gasteiger partial charge in [-0.15, -0.1) is 12.1 Å². The van der Waals surface area contributed by atoms with Crippen molar-refractivity contribution in [3.8, 4) is 5.75 Å². The molecule has 1 aliphatic rings. The van der Waals surface area contributed by atoms with Crippen LogP contribution in [0.3, 0.4) is 0 Å². The molecular formula is C11H13LiO2. The van der Waals surface area contributed by atoms with Crippen LogP contribution in [0.4, 0.5) is 0 Å². The van der Waals surface area contributed by atoms with Crippen molar-refractivity contribution in [1.82, 2.24) is 0 Å². The minimum absolute atomic E-state index is 0. The van der Waals surface area contributed by atoms with Crippen molar-refractivity contribution < 1.29 is 28.3 Å². The molecule has 3 heteroatoms. The van der Waals surface area contributed by atoms with Crippen molar-refractivity contribution in [3.63, 3.8) is 0 Å². The first-order valence-corrected chi connectivity index (χ1v) is 4.69. The summed E-state index contributed by atoms with van der Waals surface area (Å²) in [6, 6.07) is 10.4. The molecule has 0 spiro atoms. The third kappa shape index (κ3) is 3.38. The molecule has 0 aliphatic carbocycles. The van der Waals surface area contributed by atoms with E-state index in [1.807, 2.05) is 24.3 Å². The minimum atomic E-state index is -0.0452. The van der Waals surface area contributed by atoms with Crippen molar-refractivity contribution >= 4 is 0 Å². The number of benzene rings is 1. The Bertz CT molecular complexity index is 245. The van der Waals surface area contributed by atoms with Crippen LogP contribution < -0.4 is 23.6 Å². The van der Waals surface area contributed by atoms with E-state index in [0.717, 1.165) is 25.2 Å². The maximum absolute atomic E-state index is 5.61. The zero-order chi connectivity index (χ0) is 8.93. The molecule has 1 aromatic carbocycles. The number of hydrogen-bond donors (Lipinski definition) is 0. The second-order valence-electron chi connectivity index (χ2n) is 3.15. The molecule has 2 rings (SSSR count). The Labute approximate surface area is 96.8 Å². The summed E-state index contributed by atoms with van der Waals surface area (Å²) in [5.41, 5.74) is 0. The average molecular weight is 184 g/mol. The molecule has 0 N–H and O–H groups in total. The summed E-state index contributed by atoms with van der Waals surface area (Å²) >= 11 is 0. The van der Waals surface area contributed by atoms with E-state index in [9.17, 15) is 0 Å². The summed E-state index contributed by atoms with van der Waals surface area (Å²) in [6.45, 7) is 0.823. The molecule has 1 unspecified atom stereocenters. The molecular weight excluding hydrogens is 171 g/mol. The molecule has 70 valence electrons. The Morgan fingerprint density at radius 1 is 1.29 bits per heavy atom. The fourth-order valence-electron chi connectivity index (χ4n) is 1.41. The van der Waals surface area contributed by atoms with Gasteiger partial charge in [0, 0.05) is 12.2 Å². The van der Waals surface area contributed by atoms with E-state index in [4.69, 9.17) is 9.47 Å². The van der Waals surface area contributed by atoms with Gasteiger partial charge in [0.15, 0.2) is 6.29 Å². The number of hydrogen-bond acceptors (Lipinski definition) is 2. The van der Waals surface area contributed by atoms with Gasteiger partial charge < -0.3 is 9.47 Å². The Hall–Kier alpha value is -0.423. The Morgan fingerprint density at radius 3 is 2.71 bits per heavy atom. The molecule has 1 aromatic rings. The fourth-order valence-corrected chi connectivity index (χ4v) is 1.41. The quantitative estimate of drug-likeness (QED) is 0.451. The van der Waals surface area contributed by atoms with Crippen molar-refractivity contribution in [3.05, 3.63) is 30.3 Å². The van der Waals surface area contributed by atoms with Crippen molar-refractivity contribution in [2.75, 3.05) is 6.61 Å². The van der Waals surface area contributed by atoms with Crippen LogP contribution in [0.1, 0.15) is 19.3 Å². The SMILES string of the molecule is [Li+].[c-]1ccc(OC2CCCCO2)cc1. The zero-order valence-electron chi connectivity index (χ0n) is 8.53. The van der Waals surface area contributed by atoms with Gasteiger partial charge in [-0.2, -0.15) is 18.2 Å². The second kappa shape index (κ2) is 6.13. The Kier molecular flexibility index (Phi) is 5.11. The molecule has 1 heterocycles. The normalized spacial score (nSPS) is 21.0. The summed E-state index contributed by atoms with van der Waals surface area (Å²) in [6.07, 6.45) is 3.31. The van der Waals surface area contributed by atoms with Crippen LogP contribution >= 0.6 is 0 Å². The summed E-state index contributed by atoms with van der Waals surface area (Å²) in [5.74, 6) is 0.866.